The number of amides is 2. The zero-order valence-corrected chi connectivity index (χ0v) is 11.7. The van der Waals surface area contributed by atoms with Crippen LogP contribution in [0.5, 0.6) is 11.5 Å². The Balaban J connectivity index is 2.05. The van der Waals surface area contributed by atoms with Gasteiger partial charge in [0.1, 0.15) is 0 Å². The Kier molecular flexibility index (Phi) is 5.13. The lowest BCUT2D eigenvalue weighted by molar-refractivity contribution is -0.137. The van der Waals surface area contributed by atoms with E-state index < -0.39 is 18.4 Å². The van der Waals surface area contributed by atoms with E-state index in [9.17, 15) is 18.4 Å². The minimum Gasteiger partial charge on any atom is -0.489 e. The zero-order chi connectivity index (χ0) is 16.1. The molecule has 2 rings (SSSR count). The summed E-state index contributed by atoms with van der Waals surface area (Å²) in [5.74, 6) is -1.47. The molecule has 22 heavy (non-hydrogen) atoms. The van der Waals surface area contributed by atoms with Crippen molar-refractivity contribution < 1.29 is 27.8 Å². The monoisotopic (exact) mass is 314 g/mol. The molecular formula is C14H16F2N2O4. The predicted molar refractivity (Wildman–Crippen MR) is 72.3 cm³/mol. The lowest BCUT2D eigenvalue weighted by Crippen LogP contribution is -2.35. The summed E-state index contributed by atoms with van der Waals surface area (Å²) in [6, 6.07) is 4.31. The quantitative estimate of drug-likeness (QED) is 0.739. The van der Waals surface area contributed by atoms with Crippen LogP contribution in [0, 0.1) is 5.92 Å². The van der Waals surface area contributed by atoms with E-state index in [0.717, 1.165) is 12.8 Å². The molecule has 1 aliphatic carbocycles. The maximum atomic E-state index is 12.4. The summed E-state index contributed by atoms with van der Waals surface area (Å²) in [6.07, 6.45) is 2.11. The summed E-state index contributed by atoms with van der Waals surface area (Å²) in [6.45, 7) is -2.50. The van der Waals surface area contributed by atoms with E-state index in [-0.39, 0.29) is 18.0 Å². The number of nitrogens with one attached hydrogen (secondary N) is 1. The highest BCUT2D eigenvalue weighted by atomic mass is 19.3. The summed E-state index contributed by atoms with van der Waals surface area (Å²) in [5.41, 5.74) is 5.39. The Morgan fingerprint density at radius 3 is 2.64 bits per heavy atom. The molecule has 0 heterocycles. The van der Waals surface area contributed by atoms with Crippen LogP contribution in [0.4, 0.5) is 8.78 Å². The number of alkyl halides is 2. The molecule has 0 atom stereocenters. The van der Waals surface area contributed by atoms with Gasteiger partial charge < -0.3 is 20.5 Å². The Hall–Kier alpha value is -2.38. The van der Waals surface area contributed by atoms with Crippen LogP contribution in [0.15, 0.2) is 18.2 Å². The molecule has 0 unspecified atom stereocenters. The van der Waals surface area contributed by atoms with Crippen LogP contribution in [0.3, 0.4) is 0 Å². The van der Waals surface area contributed by atoms with E-state index in [1.54, 1.807) is 0 Å². The third-order valence-electron chi connectivity index (χ3n) is 3.07. The number of rotatable bonds is 7. The number of carbonyl (C=O) groups excluding carboxylic acids is 2. The van der Waals surface area contributed by atoms with Gasteiger partial charge in [-0.25, -0.2) is 0 Å². The number of ether oxygens (including phenoxy) is 2. The molecule has 0 saturated heterocycles. The molecule has 0 aromatic heterocycles. The van der Waals surface area contributed by atoms with E-state index in [1.165, 1.54) is 18.2 Å². The number of halogens is 2. The fourth-order valence-electron chi connectivity index (χ4n) is 1.73. The van der Waals surface area contributed by atoms with Crippen molar-refractivity contribution in [1.29, 1.82) is 0 Å². The van der Waals surface area contributed by atoms with Crippen molar-refractivity contribution in [2.45, 2.75) is 26.0 Å². The van der Waals surface area contributed by atoms with Crippen LogP contribution in [-0.2, 0) is 16.1 Å². The molecule has 1 aromatic rings. The van der Waals surface area contributed by atoms with E-state index in [2.05, 4.69) is 10.1 Å². The lowest BCUT2D eigenvalue weighted by Gasteiger charge is -2.13. The van der Waals surface area contributed by atoms with Gasteiger partial charge in [-0.3, -0.25) is 9.59 Å². The molecule has 1 saturated carbocycles. The van der Waals surface area contributed by atoms with Crippen molar-refractivity contribution >= 4 is 11.8 Å². The molecule has 6 nitrogen and oxygen atoms in total. The summed E-state index contributed by atoms with van der Waals surface area (Å²) in [5, 5.41) is 2.31. The molecule has 3 N–H and O–H groups in total. The summed E-state index contributed by atoms with van der Waals surface area (Å²) < 4.78 is 34.6. The zero-order valence-electron chi connectivity index (χ0n) is 11.7. The molecule has 120 valence electrons. The van der Waals surface area contributed by atoms with Crippen molar-refractivity contribution in [3.8, 4) is 11.5 Å². The van der Waals surface area contributed by atoms with Crippen LogP contribution >= 0.6 is 0 Å². The smallest absolute Gasteiger partial charge is 0.387 e. The SMILES string of the molecule is NC(=O)C(=O)NCc1ccc(OC(F)F)c(OCC2CC2)c1. The third kappa shape index (κ3) is 4.87. The average molecular weight is 314 g/mol. The second-order valence-electron chi connectivity index (χ2n) is 4.96. The third-order valence-corrected chi connectivity index (χ3v) is 3.07. The topological polar surface area (TPSA) is 90.7 Å². The Morgan fingerprint density at radius 1 is 1.32 bits per heavy atom. The number of hydrogen-bond donors (Lipinski definition) is 2. The van der Waals surface area contributed by atoms with Gasteiger partial charge in [-0.1, -0.05) is 6.07 Å². The fourth-order valence-corrected chi connectivity index (χ4v) is 1.73. The fraction of sp³-hybridized carbons (Fsp3) is 0.429. The maximum Gasteiger partial charge on any atom is 0.387 e. The second-order valence-corrected chi connectivity index (χ2v) is 4.96. The minimum atomic E-state index is -2.95. The molecule has 2 amide bonds. The molecule has 0 aliphatic heterocycles. The number of benzene rings is 1. The molecule has 0 spiro atoms. The van der Waals surface area contributed by atoms with Crippen LogP contribution in [-0.4, -0.2) is 25.0 Å². The van der Waals surface area contributed by atoms with Gasteiger partial charge in [-0.2, -0.15) is 8.78 Å². The molecule has 0 bridgehead atoms. The minimum absolute atomic E-state index is 0.0243. The van der Waals surface area contributed by atoms with Gasteiger partial charge in [0.05, 0.1) is 6.61 Å². The first-order chi connectivity index (χ1) is 10.5. The van der Waals surface area contributed by atoms with Crippen LogP contribution < -0.4 is 20.5 Å². The molecule has 1 aliphatic rings. The second kappa shape index (κ2) is 7.06. The van der Waals surface area contributed by atoms with Gasteiger partial charge in [-0.05, 0) is 36.5 Å². The number of nitrogens with two attached hydrogens (primary N) is 1. The van der Waals surface area contributed by atoms with E-state index >= 15 is 0 Å². The largest absolute Gasteiger partial charge is 0.489 e. The summed E-state index contributed by atoms with van der Waals surface area (Å²) in [7, 11) is 0. The first-order valence-electron chi connectivity index (χ1n) is 6.74. The Morgan fingerprint density at radius 2 is 2.05 bits per heavy atom. The van der Waals surface area contributed by atoms with Gasteiger partial charge in [0, 0.05) is 6.54 Å². The standard InChI is InChI=1S/C14H16F2N2O4/c15-14(16)22-10-4-3-9(6-18-13(20)12(17)19)5-11(10)21-7-8-1-2-8/h3-5,8,14H,1-2,6-7H2,(H2,17,19)(H,18,20). The van der Waals surface area contributed by atoms with E-state index in [0.29, 0.717) is 18.1 Å². The summed E-state index contributed by atoms with van der Waals surface area (Å²) >= 11 is 0. The summed E-state index contributed by atoms with van der Waals surface area (Å²) in [4.78, 5) is 21.7. The number of carbonyl (C=O) groups is 2. The Labute approximate surface area is 125 Å². The highest BCUT2D eigenvalue weighted by Gasteiger charge is 2.23. The van der Waals surface area contributed by atoms with E-state index in [4.69, 9.17) is 10.5 Å². The number of hydrogen-bond acceptors (Lipinski definition) is 4. The van der Waals surface area contributed by atoms with Crippen molar-refractivity contribution in [1.82, 2.24) is 5.32 Å². The van der Waals surface area contributed by atoms with Crippen molar-refractivity contribution in [2.75, 3.05) is 6.61 Å². The normalized spacial score (nSPS) is 13.8. The van der Waals surface area contributed by atoms with Crippen molar-refractivity contribution in [2.24, 2.45) is 11.7 Å². The molecule has 1 fully saturated rings. The molecular weight excluding hydrogens is 298 g/mol. The number of primary amides is 1. The lowest BCUT2D eigenvalue weighted by atomic mass is 10.2. The van der Waals surface area contributed by atoms with Crippen LogP contribution in [0.2, 0.25) is 0 Å². The Bertz CT molecular complexity index is 562. The van der Waals surface area contributed by atoms with Crippen molar-refractivity contribution in [3.63, 3.8) is 0 Å². The van der Waals surface area contributed by atoms with Crippen LogP contribution in [0.25, 0.3) is 0 Å². The van der Waals surface area contributed by atoms with Crippen LogP contribution in [0.1, 0.15) is 18.4 Å². The van der Waals surface area contributed by atoms with Gasteiger partial charge in [-0.15, -0.1) is 0 Å². The van der Waals surface area contributed by atoms with E-state index in [1.807, 2.05) is 0 Å². The molecule has 0 radical (unpaired) electrons. The molecule has 1 aromatic carbocycles. The highest BCUT2D eigenvalue weighted by Crippen LogP contribution is 2.34. The van der Waals surface area contributed by atoms with Gasteiger partial charge >= 0.3 is 18.4 Å². The highest BCUT2D eigenvalue weighted by molar-refractivity contribution is 6.34. The first-order valence-corrected chi connectivity index (χ1v) is 6.74. The van der Waals surface area contributed by atoms with Gasteiger partial charge in [0.15, 0.2) is 11.5 Å². The average Bonchev–Trinajstić information content (AvgIpc) is 3.27. The van der Waals surface area contributed by atoms with Gasteiger partial charge in [0.2, 0.25) is 0 Å². The maximum absolute atomic E-state index is 12.4. The molecule has 8 heteroatoms. The van der Waals surface area contributed by atoms with Gasteiger partial charge in [0.25, 0.3) is 0 Å². The first kappa shape index (κ1) is 16.0. The van der Waals surface area contributed by atoms with Crippen molar-refractivity contribution in [3.05, 3.63) is 23.8 Å². The predicted octanol–water partition coefficient (Wildman–Crippen LogP) is 1.18.